The van der Waals surface area contributed by atoms with E-state index in [9.17, 15) is 9.18 Å². The maximum atomic E-state index is 12.9. The Morgan fingerprint density at radius 1 is 1.33 bits per heavy atom. The van der Waals surface area contributed by atoms with Gasteiger partial charge in [-0.1, -0.05) is 0 Å². The van der Waals surface area contributed by atoms with E-state index >= 15 is 0 Å². The molecule has 0 amide bonds. The van der Waals surface area contributed by atoms with Crippen LogP contribution in [-0.4, -0.2) is 20.9 Å². The zero-order valence-electron chi connectivity index (χ0n) is 10.1. The number of carbonyl (C=O) groups is 1. The van der Waals surface area contributed by atoms with Crippen LogP contribution in [0.15, 0.2) is 30.3 Å². The second-order valence-corrected chi connectivity index (χ2v) is 4.27. The second-order valence-electron chi connectivity index (χ2n) is 4.27. The Bertz CT molecular complexity index is 573. The predicted octanol–water partition coefficient (Wildman–Crippen LogP) is 2.97. The molecular weight excluding hydrogens is 235 g/mol. The van der Waals surface area contributed by atoms with Crippen molar-refractivity contribution in [2.45, 2.75) is 19.9 Å². The molecule has 1 aromatic heterocycles. The highest BCUT2D eigenvalue weighted by Crippen LogP contribution is 2.24. The van der Waals surface area contributed by atoms with Crippen molar-refractivity contribution in [2.24, 2.45) is 0 Å². The van der Waals surface area contributed by atoms with Gasteiger partial charge in [0.1, 0.15) is 5.82 Å². The third-order valence-corrected chi connectivity index (χ3v) is 2.58. The lowest BCUT2D eigenvalue weighted by atomic mass is 10.1. The number of rotatable bonds is 3. The molecule has 4 nitrogen and oxygen atoms in total. The van der Waals surface area contributed by atoms with Crippen molar-refractivity contribution in [1.82, 2.24) is 9.78 Å². The van der Waals surface area contributed by atoms with Crippen LogP contribution in [0.1, 0.15) is 30.4 Å². The first-order chi connectivity index (χ1) is 8.49. The number of carboxylic acids is 1. The molecule has 0 radical (unpaired) electrons. The molecule has 1 aromatic carbocycles. The van der Waals surface area contributed by atoms with Crippen LogP contribution in [0.25, 0.3) is 11.3 Å². The molecular formula is C13H13FN2O2. The first-order valence-electron chi connectivity index (χ1n) is 5.58. The molecule has 0 aliphatic rings. The predicted molar refractivity (Wildman–Crippen MR) is 65.0 cm³/mol. The van der Waals surface area contributed by atoms with E-state index in [4.69, 9.17) is 5.11 Å². The van der Waals surface area contributed by atoms with Crippen molar-refractivity contribution in [3.8, 4) is 11.3 Å². The van der Waals surface area contributed by atoms with Gasteiger partial charge in [0.05, 0.1) is 5.69 Å². The van der Waals surface area contributed by atoms with Crippen LogP contribution < -0.4 is 0 Å². The molecule has 94 valence electrons. The minimum atomic E-state index is -1.07. The first-order valence-corrected chi connectivity index (χ1v) is 5.58. The van der Waals surface area contributed by atoms with E-state index < -0.39 is 5.97 Å². The summed E-state index contributed by atoms with van der Waals surface area (Å²) in [6.45, 7) is 3.82. The van der Waals surface area contributed by atoms with Crippen LogP contribution in [0, 0.1) is 5.82 Å². The van der Waals surface area contributed by atoms with Crippen LogP contribution in [0.2, 0.25) is 0 Å². The molecule has 0 saturated heterocycles. The third-order valence-electron chi connectivity index (χ3n) is 2.58. The van der Waals surface area contributed by atoms with E-state index in [-0.39, 0.29) is 17.6 Å². The lowest BCUT2D eigenvalue weighted by Gasteiger charge is -2.10. The third kappa shape index (κ3) is 2.25. The maximum absolute atomic E-state index is 12.9. The SMILES string of the molecule is CC(C)n1nc(C(=O)O)cc1-c1ccc(F)cc1. The number of aromatic carboxylic acids is 1. The van der Waals surface area contributed by atoms with Gasteiger partial charge < -0.3 is 5.11 Å². The normalized spacial score (nSPS) is 10.9. The lowest BCUT2D eigenvalue weighted by molar-refractivity contribution is 0.0689. The van der Waals surface area contributed by atoms with E-state index in [1.807, 2.05) is 13.8 Å². The average Bonchev–Trinajstić information content (AvgIpc) is 2.75. The van der Waals surface area contributed by atoms with Crippen LogP contribution in [0.5, 0.6) is 0 Å². The highest BCUT2D eigenvalue weighted by Gasteiger charge is 2.16. The number of hydrogen-bond donors (Lipinski definition) is 1. The molecule has 0 aliphatic heterocycles. The topological polar surface area (TPSA) is 55.1 Å². The van der Waals surface area contributed by atoms with Crippen molar-refractivity contribution in [3.63, 3.8) is 0 Å². The van der Waals surface area contributed by atoms with Crippen molar-refractivity contribution in [1.29, 1.82) is 0 Å². The average molecular weight is 248 g/mol. The van der Waals surface area contributed by atoms with Gasteiger partial charge in [0.2, 0.25) is 0 Å². The van der Waals surface area contributed by atoms with Gasteiger partial charge in [0, 0.05) is 11.6 Å². The smallest absolute Gasteiger partial charge is 0.356 e. The molecule has 0 fully saturated rings. The Hall–Kier alpha value is -2.17. The Kier molecular flexibility index (Phi) is 3.14. The molecule has 0 unspecified atom stereocenters. The summed E-state index contributed by atoms with van der Waals surface area (Å²) < 4.78 is 14.5. The molecule has 18 heavy (non-hydrogen) atoms. The number of nitrogens with zero attached hydrogens (tertiary/aromatic N) is 2. The lowest BCUT2D eigenvalue weighted by Crippen LogP contribution is -2.06. The number of halogens is 1. The Labute approximate surface area is 104 Å². The van der Waals surface area contributed by atoms with Crippen LogP contribution in [0.4, 0.5) is 4.39 Å². The van der Waals surface area contributed by atoms with E-state index in [0.29, 0.717) is 5.69 Å². The quantitative estimate of drug-likeness (QED) is 0.908. The minimum absolute atomic E-state index is 0.0111. The standard InChI is InChI=1S/C13H13FN2O2/c1-8(2)16-12(7-11(15-16)13(17)18)9-3-5-10(14)6-4-9/h3-8H,1-2H3,(H,17,18). The molecule has 2 rings (SSSR count). The number of hydrogen-bond acceptors (Lipinski definition) is 2. The molecule has 1 N–H and O–H groups in total. The monoisotopic (exact) mass is 248 g/mol. The van der Waals surface area contributed by atoms with Gasteiger partial charge >= 0.3 is 5.97 Å². The van der Waals surface area contributed by atoms with E-state index in [1.165, 1.54) is 18.2 Å². The Balaban J connectivity index is 2.54. The van der Waals surface area contributed by atoms with Crippen LogP contribution in [0.3, 0.4) is 0 Å². The molecule has 1 heterocycles. The second kappa shape index (κ2) is 4.60. The fourth-order valence-corrected chi connectivity index (χ4v) is 1.73. The van der Waals surface area contributed by atoms with Gasteiger partial charge in [-0.2, -0.15) is 5.10 Å². The number of benzene rings is 1. The van der Waals surface area contributed by atoms with Gasteiger partial charge in [-0.25, -0.2) is 9.18 Å². The first kappa shape index (κ1) is 12.3. The van der Waals surface area contributed by atoms with Crippen molar-refractivity contribution in [2.75, 3.05) is 0 Å². The fourth-order valence-electron chi connectivity index (χ4n) is 1.73. The van der Waals surface area contributed by atoms with Gasteiger partial charge in [-0.3, -0.25) is 4.68 Å². The van der Waals surface area contributed by atoms with Crippen molar-refractivity contribution in [3.05, 3.63) is 41.8 Å². The fraction of sp³-hybridized carbons (Fsp3) is 0.231. The summed E-state index contributed by atoms with van der Waals surface area (Å²) in [5.74, 6) is -1.40. The molecule has 2 aromatic rings. The molecule has 0 bridgehead atoms. The molecule has 0 aliphatic carbocycles. The molecule has 0 saturated carbocycles. The van der Waals surface area contributed by atoms with Gasteiger partial charge in [0.15, 0.2) is 5.69 Å². The summed E-state index contributed by atoms with van der Waals surface area (Å²) in [4.78, 5) is 10.9. The summed E-state index contributed by atoms with van der Waals surface area (Å²) in [6.07, 6.45) is 0. The highest BCUT2D eigenvalue weighted by atomic mass is 19.1. The van der Waals surface area contributed by atoms with Gasteiger partial charge in [-0.15, -0.1) is 0 Å². The summed E-state index contributed by atoms with van der Waals surface area (Å²) in [5.41, 5.74) is 1.40. The Morgan fingerprint density at radius 3 is 2.44 bits per heavy atom. The summed E-state index contributed by atoms with van der Waals surface area (Å²) in [5, 5.41) is 13.0. The largest absolute Gasteiger partial charge is 0.476 e. The van der Waals surface area contributed by atoms with Crippen molar-refractivity contribution < 1.29 is 14.3 Å². The van der Waals surface area contributed by atoms with Gasteiger partial charge in [-0.05, 0) is 44.2 Å². The molecule has 5 heteroatoms. The number of aromatic nitrogens is 2. The zero-order valence-corrected chi connectivity index (χ0v) is 10.1. The summed E-state index contributed by atoms with van der Waals surface area (Å²) in [6, 6.07) is 7.42. The maximum Gasteiger partial charge on any atom is 0.356 e. The van der Waals surface area contributed by atoms with Crippen LogP contribution in [-0.2, 0) is 0 Å². The van der Waals surface area contributed by atoms with E-state index in [0.717, 1.165) is 5.56 Å². The summed E-state index contributed by atoms with van der Waals surface area (Å²) >= 11 is 0. The zero-order chi connectivity index (χ0) is 13.3. The van der Waals surface area contributed by atoms with E-state index in [2.05, 4.69) is 5.10 Å². The highest BCUT2D eigenvalue weighted by molar-refractivity contribution is 5.87. The van der Waals surface area contributed by atoms with Crippen LogP contribution >= 0.6 is 0 Å². The molecule has 0 atom stereocenters. The minimum Gasteiger partial charge on any atom is -0.476 e. The van der Waals surface area contributed by atoms with Gasteiger partial charge in [0.25, 0.3) is 0 Å². The summed E-state index contributed by atoms with van der Waals surface area (Å²) in [7, 11) is 0. The molecule has 0 spiro atoms. The van der Waals surface area contributed by atoms with Crippen molar-refractivity contribution >= 4 is 5.97 Å². The van der Waals surface area contributed by atoms with E-state index in [1.54, 1.807) is 16.8 Å². The number of carboxylic acid groups (broad SMARTS) is 1. The Morgan fingerprint density at radius 2 is 1.94 bits per heavy atom.